The van der Waals surface area contributed by atoms with E-state index in [1.165, 1.54) is 18.2 Å². The zero-order valence-corrected chi connectivity index (χ0v) is 10.3. The van der Waals surface area contributed by atoms with Crippen molar-refractivity contribution < 1.29 is 19.4 Å². The summed E-state index contributed by atoms with van der Waals surface area (Å²) < 4.78 is 5.12. The highest BCUT2D eigenvalue weighted by Gasteiger charge is 2.13. The van der Waals surface area contributed by atoms with Crippen LogP contribution in [-0.4, -0.2) is 29.7 Å². The molecule has 0 aliphatic rings. The lowest BCUT2D eigenvalue weighted by atomic mass is 10.1. The number of benzene rings is 1. The number of nitrogens with two attached hydrogens (primary N) is 1. The van der Waals surface area contributed by atoms with Gasteiger partial charge in [0.25, 0.3) is 0 Å². The van der Waals surface area contributed by atoms with Crippen molar-refractivity contribution >= 4 is 23.3 Å². The number of anilines is 2. The number of aromatic carboxylic acids is 1. The summed E-state index contributed by atoms with van der Waals surface area (Å²) >= 11 is 0. The first-order chi connectivity index (χ1) is 8.40. The monoisotopic (exact) mass is 252 g/mol. The number of carbonyl (C=O) groups excluding carboxylic acids is 1. The van der Waals surface area contributed by atoms with Crippen LogP contribution in [0.3, 0.4) is 0 Å². The van der Waals surface area contributed by atoms with E-state index in [4.69, 9.17) is 15.6 Å². The first-order valence-corrected chi connectivity index (χ1v) is 5.44. The first-order valence-electron chi connectivity index (χ1n) is 5.44. The number of nitrogens with one attached hydrogen (secondary N) is 1. The lowest BCUT2D eigenvalue weighted by Crippen LogP contribution is -2.22. The predicted molar refractivity (Wildman–Crippen MR) is 67.5 cm³/mol. The van der Waals surface area contributed by atoms with Crippen LogP contribution in [0.2, 0.25) is 0 Å². The Bertz CT molecular complexity index is 457. The summed E-state index contributed by atoms with van der Waals surface area (Å²) in [4.78, 5) is 22.5. The van der Waals surface area contributed by atoms with E-state index in [-0.39, 0.29) is 24.0 Å². The van der Waals surface area contributed by atoms with Crippen LogP contribution in [0.1, 0.15) is 24.2 Å². The Labute approximate surface area is 105 Å². The third-order valence-electron chi connectivity index (χ3n) is 2.10. The molecule has 0 aliphatic carbocycles. The number of amides is 1. The van der Waals surface area contributed by atoms with Crippen molar-refractivity contribution in [2.75, 3.05) is 17.7 Å². The maximum absolute atomic E-state index is 11.5. The summed E-state index contributed by atoms with van der Waals surface area (Å²) in [5.41, 5.74) is 5.97. The minimum Gasteiger partial charge on any atom is -0.478 e. The van der Waals surface area contributed by atoms with Gasteiger partial charge >= 0.3 is 5.97 Å². The molecule has 1 amide bonds. The fourth-order valence-corrected chi connectivity index (χ4v) is 1.28. The van der Waals surface area contributed by atoms with Crippen molar-refractivity contribution in [3.05, 3.63) is 23.8 Å². The lowest BCUT2D eigenvalue weighted by Gasteiger charge is -2.10. The third kappa shape index (κ3) is 4.06. The molecule has 98 valence electrons. The lowest BCUT2D eigenvalue weighted by molar-refractivity contribution is -0.121. The van der Waals surface area contributed by atoms with Crippen molar-refractivity contribution in [2.45, 2.75) is 20.0 Å². The molecule has 1 aromatic carbocycles. The second-order valence-corrected chi connectivity index (χ2v) is 4.02. The molecule has 0 saturated carbocycles. The fraction of sp³-hybridized carbons (Fsp3) is 0.333. The summed E-state index contributed by atoms with van der Waals surface area (Å²) in [5, 5.41) is 11.5. The SMILES string of the molecule is CC(C)OCC(=O)Nc1ccc(N)cc1C(=O)O. The van der Waals surface area contributed by atoms with Gasteiger partial charge in [0.1, 0.15) is 6.61 Å². The Morgan fingerprint density at radius 2 is 2.11 bits per heavy atom. The smallest absolute Gasteiger partial charge is 0.337 e. The van der Waals surface area contributed by atoms with E-state index < -0.39 is 11.9 Å². The molecule has 4 N–H and O–H groups in total. The van der Waals surface area contributed by atoms with E-state index in [1.54, 1.807) is 13.8 Å². The molecule has 0 fully saturated rings. The Hall–Kier alpha value is -2.08. The standard InChI is InChI=1S/C12H16N2O4/c1-7(2)18-6-11(15)14-10-4-3-8(13)5-9(10)12(16)17/h3-5,7H,6,13H2,1-2H3,(H,14,15)(H,16,17). The molecular weight excluding hydrogens is 236 g/mol. The van der Waals surface area contributed by atoms with Gasteiger partial charge in [0, 0.05) is 5.69 Å². The van der Waals surface area contributed by atoms with Gasteiger partial charge in [-0.05, 0) is 32.0 Å². The minimum atomic E-state index is -1.15. The van der Waals surface area contributed by atoms with E-state index in [0.29, 0.717) is 5.69 Å². The molecular formula is C12H16N2O4. The average molecular weight is 252 g/mol. The van der Waals surface area contributed by atoms with Crippen molar-refractivity contribution in [3.8, 4) is 0 Å². The van der Waals surface area contributed by atoms with Gasteiger partial charge in [0.15, 0.2) is 0 Å². The van der Waals surface area contributed by atoms with Crippen molar-refractivity contribution in [1.29, 1.82) is 0 Å². The molecule has 1 aromatic rings. The number of hydrogen-bond donors (Lipinski definition) is 3. The van der Waals surface area contributed by atoms with Crippen LogP contribution in [0, 0.1) is 0 Å². The first kappa shape index (κ1) is 14.0. The van der Waals surface area contributed by atoms with Gasteiger partial charge in [-0.2, -0.15) is 0 Å². The number of nitrogen functional groups attached to an aromatic ring is 1. The Balaban J connectivity index is 2.78. The average Bonchev–Trinajstić information content (AvgIpc) is 2.28. The van der Waals surface area contributed by atoms with Gasteiger partial charge in [-0.15, -0.1) is 0 Å². The molecule has 0 aromatic heterocycles. The normalized spacial score (nSPS) is 10.4. The van der Waals surface area contributed by atoms with E-state index in [1.807, 2.05) is 0 Å². The highest BCUT2D eigenvalue weighted by Crippen LogP contribution is 2.18. The van der Waals surface area contributed by atoms with Gasteiger partial charge in [0.2, 0.25) is 5.91 Å². The second-order valence-electron chi connectivity index (χ2n) is 4.02. The molecule has 18 heavy (non-hydrogen) atoms. The number of carboxylic acids is 1. The topological polar surface area (TPSA) is 102 Å². The summed E-state index contributed by atoms with van der Waals surface area (Å²) in [5.74, 6) is -1.56. The Morgan fingerprint density at radius 3 is 2.67 bits per heavy atom. The van der Waals surface area contributed by atoms with Gasteiger partial charge in [-0.25, -0.2) is 4.79 Å². The molecule has 0 saturated heterocycles. The largest absolute Gasteiger partial charge is 0.478 e. The molecule has 0 aliphatic heterocycles. The molecule has 1 rings (SSSR count). The molecule has 0 atom stereocenters. The molecule has 6 nitrogen and oxygen atoms in total. The van der Waals surface area contributed by atoms with Gasteiger partial charge in [0.05, 0.1) is 17.4 Å². The van der Waals surface area contributed by atoms with Crippen LogP contribution in [0.4, 0.5) is 11.4 Å². The molecule has 0 radical (unpaired) electrons. The third-order valence-corrected chi connectivity index (χ3v) is 2.10. The van der Waals surface area contributed by atoms with Gasteiger partial charge in [-0.3, -0.25) is 4.79 Å². The van der Waals surface area contributed by atoms with Crippen molar-refractivity contribution in [2.24, 2.45) is 0 Å². The zero-order chi connectivity index (χ0) is 13.7. The Morgan fingerprint density at radius 1 is 1.44 bits per heavy atom. The molecule has 0 unspecified atom stereocenters. The summed E-state index contributed by atoms with van der Waals surface area (Å²) in [6.07, 6.45) is -0.0684. The van der Waals surface area contributed by atoms with Crippen LogP contribution in [0.25, 0.3) is 0 Å². The van der Waals surface area contributed by atoms with E-state index in [2.05, 4.69) is 5.32 Å². The highest BCUT2D eigenvalue weighted by molar-refractivity contribution is 6.01. The van der Waals surface area contributed by atoms with E-state index in [9.17, 15) is 9.59 Å². The van der Waals surface area contributed by atoms with E-state index in [0.717, 1.165) is 0 Å². The molecule has 0 heterocycles. The fourth-order valence-electron chi connectivity index (χ4n) is 1.28. The second kappa shape index (κ2) is 6.02. The molecule has 0 spiro atoms. The summed E-state index contributed by atoms with van der Waals surface area (Å²) in [6.45, 7) is 3.49. The minimum absolute atomic E-state index is 0.0482. The van der Waals surface area contributed by atoms with Crippen LogP contribution in [0.5, 0.6) is 0 Å². The van der Waals surface area contributed by atoms with Crippen LogP contribution in [-0.2, 0) is 9.53 Å². The van der Waals surface area contributed by atoms with Crippen molar-refractivity contribution in [1.82, 2.24) is 0 Å². The number of carboxylic acid groups (broad SMARTS) is 1. The molecule has 0 bridgehead atoms. The maximum Gasteiger partial charge on any atom is 0.337 e. The maximum atomic E-state index is 11.5. The number of hydrogen-bond acceptors (Lipinski definition) is 4. The number of carbonyl (C=O) groups is 2. The molecule has 6 heteroatoms. The van der Waals surface area contributed by atoms with Crippen LogP contribution in [0.15, 0.2) is 18.2 Å². The van der Waals surface area contributed by atoms with Crippen LogP contribution < -0.4 is 11.1 Å². The summed E-state index contributed by atoms with van der Waals surface area (Å²) in [7, 11) is 0. The van der Waals surface area contributed by atoms with Gasteiger partial charge in [-0.1, -0.05) is 0 Å². The number of rotatable bonds is 5. The van der Waals surface area contributed by atoms with Gasteiger partial charge < -0.3 is 20.9 Å². The highest BCUT2D eigenvalue weighted by atomic mass is 16.5. The summed E-state index contributed by atoms with van der Waals surface area (Å²) in [6, 6.07) is 4.26. The number of ether oxygens (including phenoxy) is 1. The quantitative estimate of drug-likeness (QED) is 0.686. The van der Waals surface area contributed by atoms with E-state index >= 15 is 0 Å². The van der Waals surface area contributed by atoms with Crippen molar-refractivity contribution in [3.63, 3.8) is 0 Å². The zero-order valence-electron chi connectivity index (χ0n) is 10.3. The van der Waals surface area contributed by atoms with Crippen LogP contribution >= 0.6 is 0 Å². The predicted octanol–water partition coefficient (Wildman–Crippen LogP) is 1.33. The Kier molecular flexibility index (Phi) is 4.67.